The average molecular weight is 461 g/mol. The van der Waals surface area contributed by atoms with Crippen LogP contribution >= 0.6 is 25.3 Å². The summed E-state index contributed by atoms with van der Waals surface area (Å²) in [6.07, 6.45) is 0.207. The van der Waals surface area contributed by atoms with E-state index >= 15 is 0 Å². The Labute approximate surface area is 173 Å². The van der Waals surface area contributed by atoms with Gasteiger partial charge in [0.1, 0.15) is 0 Å². The first kappa shape index (κ1) is 24.7. The van der Waals surface area contributed by atoms with Crippen molar-refractivity contribution in [3.63, 3.8) is 0 Å². The lowest BCUT2D eigenvalue weighted by atomic mass is 10.3. The van der Waals surface area contributed by atoms with Crippen LogP contribution in [0.2, 0.25) is 0 Å². The van der Waals surface area contributed by atoms with Gasteiger partial charge in [-0.15, -0.1) is 0 Å². The minimum absolute atomic E-state index is 0.0192. The molecule has 2 heterocycles. The number of thiol groups is 2. The Morgan fingerprint density at radius 3 is 1.85 bits per heavy atom. The molecule has 0 aromatic heterocycles. The van der Waals surface area contributed by atoms with Crippen molar-refractivity contribution in [1.82, 2.24) is 8.61 Å². The van der Waals surface area contributed by atoms with Gasteiger partial charge in [-0.2, -0.15) is 29.6 Å². The molecule has 27 heavy (non-hydrogen) atoms. The molecule has 2 aliphatic rings. The second-order valence-corrected chi connectivity index (χ2v) is 14.2. The quantitative estimate of drug-likeness (QED) is 0.596. The number of nitrogens with zero attached hydrogens (tertiary/aromatic N) is 2. The number of carbonyl (C=O) groups excluding carboxylic acids is 2. The number of carbonyl (C=O) groups is 2. The predicted molar refractivity (Wildman–Crippen MR) is 111 cm³/mol. The monoisotopic (exact) mass is 460 g/mol. The molecule has 8 nitrogen and oxygen atoms in total. The van der Waals surface area contributed by atoms with Gasteiger partial charge >= 0.3 is 0 Å². The zero-order valence-corrected chi connectivity index (χ0v) is 19.5. The van der Waals surface area contributed by atoms with Gasteiger partial charge in [-0.05, 0) is 34.6 Å². The molecule has 0 spiro atoms. The second kappa shape index (κ2) is 8.60. The van der Waals surface area contributed by atoms with Crippen molar-refractivity contribution in [2.24, 2.45) is 0 Å². The molecule has 2 unspecified atom stereocenters. The molecule has 0 aromatic carbocycles. The molecule has 2 fully saturated rings. The largest absolute Gasteiger partial charge is 0.297 e. The molecule has 1 amide bonds. The van der Waals surface area contributed by atoms with E-state index in [4.69, 9.17) is 0 Å². The van der Waals surface area contributed by atoms with E-state index < -0.39 is 35.3 Å². The summed E-state index contributed by atoms with van der Waals surface area (Å²) in [4.78, 5) is 22.4. The number of ketones is 1. The van der Waals surface area contributed by atoms with Gasteiger partial charge < -0.3 is 0 Å². The van der Waals surface area contributed by atoms with Crippen LogP contribution in [0.5, 0.6) is 0 Å². The molecule has 0 N–H and O–H groups in total. The maximum absolute atomic E-state index is 11.9. The van der Waals surface area contributed by atoms with E-state index in [1.54, 1.807) is 34.6 Å². The summed E-state index contributed by atoms with van der Waals surface area (Å²) < 4.78 is 48.1. The van der Waals surface area contributed by atoms with Crippen LogP contribution in [0.3, 0.4) is 0 Å². The first-order valence-electron chi connectivity index (χ1n) is 8.44. The number of rotatable bonds is 3. The fraction of sp³-hybridized carbons (Fsp3) is 0.867. The summed E-state index contributed by atoms with van der Waals surface area (Å²) >= 11 is 8.10. The number of hydrogen-bond acceptors (Lipinski definition) is 8. The van der Waals surface area contributed by atoms with Crippen molar-refractivity contribution in [2.75, 3.05) is 19.6 Å². The van der Waals surface area contributed by atoms with Crippen LogP contribution in [0.1, 0.15) is 41.0 Å². The molecule has 2 rings (SSSR count). The van der Waals surface area contributed by atoms with E-state index in [1.807, 2.05) is 0 Å². The van der Waals surface area contributed by atoms with E-state index in [2.05, 4.69) is 25.3 Å². The second-order valence-electron chi connectivity index (χ2n) is 7.77. The zero-order valence-electron chi connectivity index (χ0n) is 16.1. The van der Waals surface area contributed by atoms with Crippen LogP contribution in [-0.4, -0.2) is 77.3 Å². The Kier molecular flexibility index (Phi) is 7.88. The Morgan fingerprint density at radius 1 is 1.04 bits per heavy atom. The van der Waals surface area contributed by atoms with E-state index in [0.717, 1.165) is 4.31 Å². The number of Topliss-reactive ketones (excluding diaryl/α,β-unsaturated/α-hetero) is 1. The van der Waals surface area contributed by atoms with Gasteiger partial charge in [0.05, 0.1) is 21.8 Å². The van der Waals surface area contributed by atoms with Crippen molar-refractivity contribution in [2.45, 2.75) is 61.5 Å². The van der Waals surface area contributed by atoms with Gasteiger partial charge in [0.25, 0.3) is 0 Å². The third kappa shape index (κ3) is 5.62. The maximum Gasteiger partial charge on any atom is 0.242 e. The van der Waals surface area contributed by atoms with Crippen LogP contribution in [0.25, 0.3) is 0 Å². The molecule has 2 atom stereocenters. The predicted octanol–water partition coefficient (Wildman–Crippen LogP) is 0.553. The minimum Gasteiger partial charge on any atom is -0.297 e. The highest BCUT2D eigenvalue weighted by atomic mass is 32.2. The Balaban J connectivity index is 0.000000271. The number of sulfonamides is 2. The summed E-state index contributed by atoms with van der Waals surface area (Å²) in [5.41, 5.74) is 0. The fourth-order valence-electron chi connectivity index (χ4n) is 2.35. The number of amides is 1. The van der Waals surface area contributed by atoms with Gasteiger partial charge in [-0.1, -0.05) is 0 Å². The standard InChI is InChI=1S/C8H15NO3S2.C7H13NO3S2/c1-8(2,3)14(11,12)9-5-6(13)4-7(9)10;1-5(2)13(10,11)8-3-6(9)7(12)4-8/h6,13H,4-5H2,1-3H3;5,7,12H,3-4H2,1-2H3. The average Bonchev–Trinajstić information content (AvgIpc) is 3.01. The molecule has 158 valence electrons. The lowest BCUT2D eigenvalue weighted by molar-refractivity contribution is -0.123. The van der Waals surface area contributed by atoms with Crippen molar-refractivity contribution in [1.29, 1.82) is 0 Å². The molecule has 0 radical (unpaired) electrons. The molecule has 0 aromatic rings. The topological polar surface area (TPSA) is 109 Å². The summed E-state index contributed by atoms with van der Waals surface area (Å²) in [5.74, 6) is -0.465. The minimum atomic E-state index is -3.52. The van der Waals surface area contributed by atoms with Gasteiger partial charge in [-0.3, -0.25) is 9.59 Å². The lowest BCUT2D eigenvalue weighted by Gasteiger charge is -2.26. The summed E-state index contributed by atoms with van der Waals surface area (Å²) in [5, 5.41) is -1.09. The third-order valence-corrected chi connectivity index (χ3v) is 9.63. The van der Waals surface area contributed by atoms with Crippen molar-refractivity contribution < 1.29 is 26.4 Å². The maximum atomic E-state index is 11.9. The van der Waals surface area contributed by atoms with Crippen molar-refractivity contribution >= 4 is 57.0 Å². The molecular formula is C15H28N2O6S4. The third-order valence-electron chi connectivity index (χ3n) is 4.17. The summed E-state index contributed by atoms with van der Waals surface area (Å²) in [7, 11) is -6.80. The van der Waals surface area contributed by atoms with Crippen LogP contribution in [0.15, 0.2) is 0 Å². The molecule has 0 aliphatic carbocycles. The molecule has 12 heteroatoms. The Hall–Kier alpha value is -0.300. The smallest absolute Gasteiger partial charge is 0.242 e. The molecule has 2 saturated heterocycles. The first-order chi connectivity index (χ1) is 12.0. The van der Waals surface area contributed by atoms with Crippen LogP contribution < -0.4 is 0 Å². The van der Waals surface area contributed by atoms with Crippen LogP contribution in [0.4, 0.5) is 0 Å². The normalized spacial score (nSPS) is 25.1. The highest BCUT2D eigenvalue weighted by Crippen LogP contribution is 2.26. The highest BCUT2D eigenvalue weighted by molar-refractivity contribution is 7.91. The van der Waals surface area contributed by atoms with Crippen LogP contribution in [-0.2, 0) is 29.6 Å². The molecule has 0 saturated carbocycles. The summed E-state index contributed by atoms with van der Waals surface area (Å²) in [6, 6.07) is 0. The van der Waals surface area contributed by atoms with E-state index in [1.165, 1.54) is 4.31 Å². The fourth-order valence-corrected chi connectivity index (χ4v) is 5.81. The molecule has 2 aliphatic heterocycles. The van der Waals surface area contributed by atoms with Gasteiger partial charge in [-0.25, -0.2) is 21.1 Å². The van der Waals surface area contributed by atoms with Crippen molar-refractivity contribution in [3.05, 3.63) is 0 Å². The lowest BCUT2D eigenvalue weighted by Crippen LogP contribution is -2.43. The van der Waals surface area contributed by atoms with Gasteiger partial charge in [0.15, 0.2) is 5.78 Å². The highest BCUT2D eigenvalue weighted by Gasteiger charge is 2.42. The first-order valence-corrected chi connectivity index (χ1v) is 12.4. The van der Waals surface area contributed by atoms with Crippen molar-refractivity contribution in [3.8, 4) is 0 Å². The van der Waals surface area contributed by atoms with E-state index in [0.29, 0.717) is 0 Å². The van der Waals surface area contributed by atoms with Gasteiger partial charge in [0, 0.05) is 24.8 Å². The SMILES string of the molecule is CC(C)(C)S(=O)(=O)N1CC(S)CC1=O.CC(C)S(=O)(=O)N1CC(=O)C(S)C1. The number of hydrogen-bond donors (Lipinski definition) is 2. The zero-order chi connectivity index (χ0) is 21.4. The Bertz CT molecular complexity index is 786. The van der Waals surface area contributed by atoms with Gasteiger partial charge in [0.2, 0.25) is 26.0 Å². The van der Waals surface area contributed by atoms with E-state index in [-0.39, 0.29) is 43.0 Å². The summed E-state index contributed by atoms with van der Waals surface area (Å²) in [6.45, 7) is 8.35. The molecular weight excluding hydrogens is 432 g/mol. The Morgan fingerprint density at radius 2 is 1.56 bits per heavy atom. The van der Waals surface area contributed by atoms with E-state index in [9.17, 15) is 26.4 Å². The van der Waals surface area contributed by atoms with Crippen LogP contribution in [0, 0.1) is 0 Å². The molecule has 0 bridgehead atoms.